The first-order chi connectivity index (χ1) is 12.5. The Hall–Kier alpha value is -1.75. The van der Waals surface area contributed by atoms with Crippen LogP contribution >= 0.6 is 0 Å². The molecule has 2 rings (SSSR count). The molecule has 146 valence electrons. The minimum absolute atomic E-state index is 0.220. The predicted octanol–water partition coefficient (Wildman–Crippen LogP) is 3.18. The minimum Gasteiger partial charge on any atom is -0.490 e. The zero-order chi connectivity index (χ0) is 18.9. The second-order valence-electron chi connectivity index (χ2n) is 7.50. The van der Waals surface area contributed by atoms with Gasteiger partial charge in [-0.3, -0.25) is 4.99 Å². The highest BCUT2D eigenvalue weighted by atomic mass is 16.5. The molecule has 1 aromatic rings. The minimum atomic E-state index is 0.220. The monoisotopic (exact) mass is 360 g/mol. The van der Waals surface area contributed by atoms with Crippen LogP contribution in [-0.2, 0) is 6.54 Å². The van der Waals surface area contributed by atoms with E-state index in [-0.39, 0.29) is 6.10 Å². The van der Waals surface area contributed by atoms with Crippen molar-refractivity contribution in [3.8, 4) is 5.75 Å². The van der Waals surface area contributed by atoms with Gasteiger partial charge < -0.3 is 20.3 Å². The molecule has 0 aromatic heterocycles. The fourth-order valence-electron chi connectivity index (χ4n) is 3.12. The molecule has 1 heterocycles. The fourth-order valence-corrected chi connectivity index (χ4v) is 3.12. The smallest absolute Gasteiger partial charge is 0.191 e. The van der Waals surface area contributed by atoms with Gasteiger partial charge in [-0.05, 0) is 70.8 Å². The highest BCUT2D eigenvalue weighted by Crippen LogP contribution is 2.22. The maximum absolute atomic E-state index is 6.10. The third-order valence-corrected chi connectivity index (χ3v) is 5.19. The van der Waals surface area contributed by atoms with E-state index in [1.807, 2.05) is 7.05 Å². The molecule has 0 radical (unpaired) electrons. The van der Waals surface area contributed by atoms with Crippen LogP contribution in [0.1, 0.15) is 44.2 Å². The maximum Gasteiger partial charge on any atom is 0.191 e. The first-order valence-electron chi connectivity index (χ1n) is 9.91. The van der Waals surface area contributed by atoms with Gasteiger partial charge in [-0.1, -0.05) is 19.1 Å². The van der Waals surface area contributed by atoms with Gasteiger partial charge in [0.15, 0.2) is 5.96 Å². The summed E-state index contributed by atoms with van der Waals surface area (Å²) in [7, 11) is 4.03. The van der Waals surface area contributed by atoms with Crippen molar-refractivity contribution in [1.82, 2.24) is 15.5 Å². The first kappa shape index (κ1) is 20.6. The number of guanidine groups is 1. The van der Waals surface area contributed by atoms with Crippen molar-refractivity contribution in [2.24, 2.45) is 10.9 Å². The fraction of sp³-hybridized carbons (Fsp3) is 0.667. The number of aryl methyl sites for hydroxylation is 1. The van der Waals surface area contributed by atoms with Crippen LogP contribution in [-0.4, -0.2) is 50.7 Å². The standard InChI is InChI=1S/C21H36N4O/c1-6-17(3)26-20-13-16(2)7-8-19(20)15-24-21(22-4)23-14-18-9-11-25(5)12-10-18/h7-8,13,17-18H,6,9-12,14-15H2,1-5H3,(H2,22,23,24). The largest absolute Gasteiger partial charge is 0.490 e. The highest BCUT2D eigenvalue weighted by Gasteiger charge is 2.16. The van der Waals surface area contributed by atoms with E-state index < -0.39 is 0 Å². The Kier molecular flexibility index (Phi) is 8.23. The van der Waals surface area contributed by atoms with E-state index in [0.29, 0.717) is 6.54 Å². The summed E-state index contributed by atoms with van der Waals surface area (Å²) in [5, 5.41) is 6.92. The molecule has 5 heteroatoms. The molecule has 1 atom stereocenters. The SMILES string of the molecule is CCC(C)Oc1cc(C)ccc1CNC(=NC)NCC1CCN(C)CC1. The second kappa shape index (κ2) is 10.4. The zero-order valence-corrected chi connectivity index (χ0v) is 17.1. The summed E-state index contributed by atoms with van der Waals surface area (Å²) in [5.41, 5.74) is 2.38. The summed E-state index contributed by atoms with van der Waals surface area (Å²) in [6, 6.07) is 6.40. The van der Waals surface area contributed by atoms with E-state index in [4.69, 9.17) is 4.74 Å². The van der Waals surface area contributed by atoms with Crippen molar-refractivity contribution in [1.29, 1.82) is 0 Å². The third kappa shape index (κ3) is 6.52. The first-order valence-corrected chi connectivity index (χ1v) is 9.91. The molecule has 1 saturated heterocycles. The van der Waals surface area contributed by atoms with Gasteiger partial charge in [-0.2, -0.15) is 0 Å². The summed E-state index contributed by atoms with van der Waals surface area (Å²) in [4.78, 5) is 6.77. The van der Waals surface area contributed by atoms with Crippen LogP contribution in [0, 0.1) is 12.8 Å². The van der Waals surface area contributed by atoms with Crippen LogP contribution in [0.3, 0.4) is 0 Å². The Labute approximate surface area is 159 Å². The molecular formula is C21H36N4O. The lowest BCUT2D eigenvalue weighted by Gasteiger charge is -2.29. The normalized spacial score (nSPS) is 17.8. The molecule has 0 amide bonds. The van der Waals surface area contributed by atoms with E-state index in [0.717, 1.165) is 36.2 Å². The number of hydrogen-bond donors (Lipinski definition) is 2. The van der Waals surface area contributed by atoms with Crippen molar-refractivity contribution in [2.75, 3.05) is 33.7 Å². The molecule has 1 unspecified atom stereocenters. The molecule has 5 nitrogen and oxygen atoms in total. The van der Waals surface area contributed by atoms with Gasteiger partial charge in [0, 0.05) is 25.7 Å². The Morgan fingerprint density at radius 3 is 2.69 bits per heavy atom. The number of nitrogens with one attached hydrogen (secondary N) is 2. The lowest BCUT2D eigenvalue weighted by molar-refractivity contribution is 0.215. The topological polar surface area (TPSA) is 48.9 Å². The average Bonchev–Trinajstić information content (AvgIpc) is 2.64. The number of aliphatic imine (C=N–C) groups is 1. The van der Waals surface area contributed by atoms with Gasteiger partial charge in [0.05, 0.1) is 6.10 Å². The zero-order valence-electron chi connectivity index (χ0n) is 17.1. The number of ether oxygens (including phenoxy) is 1. The molecule has 2 N–H and O–H groups in total. The predicted molar refractivity (Wildman–Crippen MR) is 110 cm³/mol. The molecule has 1 aliphatic heterocycles. The van der Waals surface area contributed by atoms with Gasteiger partial charge in [0.25, 0.3) is 0 Å². The third-order valence-electron chi connectivity index (χ3n) is 5.19. The van der Waals surface area contributed by atoms with E-state index in [1.165, 1.54) is 31.5 Å². The molecule has 1 aromatic carbocycles. The van der Waals surface area contributed by atoms with Gasteiger partial charge in [0.2, 0.25) is 0 Å². The second-order valence-corrected chi connectivity index (χ2v) is 7.50. The van der Waals surface area contributed by atoms with Crippen LogP contribution < -0.4 is 15.4 Å². The molecule has 0 spiro atoms. The number of rotatable bonds is 7. The molecular weight excluding hydrogens is 324 g/mol. The Bertz CT molecular complexity index is 579. The molecule has 26 heavy (non-hydrogen) atoms. The number of benzene rings is 1. The molecule has 0 aliphatic carbocycles. The lowest BCUT2D eigenvalue weighted by Crippen LogP contribution is -2.42. The summed E-state index contributed by atoms with van der Waals surface area (Å²) in [6.45, 7) is 10.4. The summed E-state index contributed by atoms with van der Waals surface area (Å²) < 4.78 is 6.10. The van der Waals surface area contributed by atoms with Gasteiger partial charge in [0.1, 0.15) is 5.75 Å². The van der Waals surface area contributed by atoms with Crippen molar-refractivity contribution < 1.29 is 4.74 Å². The average molecular weight is 361 g/mol. The Morgan fingerprint density at radius 1 is 1.31 bits per heavy atom. The number of hydrogen-bond acceptors (Lipinski definition) is 3. The van der Waals surface area contributed by atoms with Crippen molar-refractivity contribution in [3.63, 3.8) is 0 Å². The van der Waals surface area contributed by atoms with Crippen LogP contribution in [0.25, 0.3) is 0 Å². The van der Waals surface area contributed by atoms with E-state index in [2.05, 4.69) is 66.5 Å². The summed E-state index contributed by atoms with van der Waals surface area (Å²) >= 11 is 0. The van der Waals surface area contributed by atoms with Gasteiger partial charge in [-0.15, -0.1) is 0 Å². The molecule has 1 fully saturated rings. The Balaban J connectivity index is 1.87. The quantitative estimate of drug-likeness (QED) is 0.579. The molecule has 0 saturated carbocycles. The van der Waals surface area contributed by atoms with Gasteiger partial charge in [-0.25, -0.2) is 0 Å². The van der Waals surface area contributed by atoms with Crippen molar-refractivity contribution >= 4 is 5.96 Å². The van der Waals surface area contributed by atoms with Crippen molar-refractivity contribution in [3.05, 3.63) is 29.3 Å². The van der Waals surface area contributed by atoms with Crippen LogP contribution in [0.15, 0.2) is 23.2 Å². The van der Waals surface area contributed by atoms with Gasteiger partial charge >= 0.3 is 0 Å². The molecule has 1 aliphatic rings. The van der Waals surface area contributed by atoms with E-state index in [1.54, 1.807) is 0 Å². The highest BCUT2D eigenvalue weighted by molar-refractivity contribution is 5.79. The molecule has 0 bridgehead atoms. The van der Waals surface area contributed by atoms with Crippen LogP contribution in [0.5, 0.6) is 5.75 Å². The Morgan fingerprint density at radius 2 is 2.04 bits per heavy atom. The number of piperidine rings is 1. The summed E-state index contributed by atoms with van der Waals surface area (Å²) in [5.74, 6) is 2.56. The van der Waals surface area contributed by atoms with E-state index >= 15 is 0 Å². The maximum atomic E-state index is 6.10. The number of likely N-dealkylation sites (tertiary alicyclic amines) is 1. The van der Waals surface area contributed by atoms with Crippen LogP contribution in [0.2, 0.25) is 0 Å². The lowest BCUT2D eigenvalue weighted by atomic mass is 9.97. The summed E-state index contributed by atoms with van der Waals surface area (Å²) in [6.07, 6.45) is 3.73. The van der Waals surface area contributed by atoms with Crippen molar-refractivity contribution in [2.45, 2.75) is 52.7 Å². The van der Waals surface area contributed by atoms with Crippen LogP contribution in [0.4, 0.5) is 0 Å². The number of nitrogens with zero attached hydrogens (tertiary/aromatic N) is 2. The van der Waals surface area contributed by atoms with E-state index in [9.17, 15) is 0 Å².